The van der Waals surface area contributed by atoms with Crippen LogP contribution >= 0.6 is 0 Å². The van der Waals surface area contributed by atoms with Gasteiger partial charge in [0, 0.05) is 24.7 Å². The van der Waals surface area contributed by atoms with Gasteiger partial charge in [-0.2, -0.15) is 0 Å². The van der Waals surface area contributed by atoms with Crippen molar-refractivity contribution in [2.75, 3.05) is 11.9 Å². The van der Waals surface area contributed by atoms with E-state index < -0.39 is 11.6 Å². The lowest BCUT2D eigenvalue weighted by molar-refractivity contribution is -0.138. The molecule has 6 nitrogen and oxygen atoms in total. The maximum absolute atomic E-state index is 14.6. The fourth-order valence-corrected chi connectivity index (χ4v) is 4.50. The van der Waals surface area contributed by atoms with E-state index >= 15 is 0 Å². The number of anilines is 1. The van der Waals surface area contributed by atoms with Gasteiger partial charge < -0.3 is 20.3 Å². The zero-order valence-corrected chi connectivity index (χ0v) is 21.1. The molecule has 2 aromatic carbocycles. The highest BCUT2D eigenvalue weighted by atomic mass is 19.1. The first kappa shape index (κ1) is 25.6. The minimum atomic E-state index is -0.777. The molecule has 1 saturated carbocycles. The fourth-order valence-electron chi connectivity index (χ4n) is 4.50. The van der Waals surface area contributed by atoms with Gasteiger partial charge in [-0.25, -0.2) is 9.37 Å². The first-order valence-electron chi connectivity index (χ1n) is 12.2. The van der Waals surface area contributed by atoms with Crippen LogP contribution < -0.4 is 10.1 Å². The quantitative estimate of drug-likeness (QED) is 0.329. The Bertz CT molecular complexity index is 1230. The molecule has 2 atom stereocenters. The van der Waals surface area contributed by atoms with Crippen molar-refractivity contribution in [3.63, 3.8) is 0 Å². The van der Waals surface area contributed by atoms with Gasteiger partial charge in [0.2, 0.25) is 0 Å². The number of carboxylic acids is 1. The molecule has 3 aromatic rings. The summed E-state index contributed by atoms with van der Waals surface area (Å²) in [6.45, 7) is 8.21. The summed E-state index contributed by atoms with van der Waals surface area (Å²) >= 11 is 0. The molecule has 0 spiro atoms. The van der Waals surface area contributed by atoms with Gasteiger partial charge in [-0.3, -0.25) is 4.79 Å². The molecule has 0 radical (unpaired) electrons. The monoisotopic (exact) mass is 492 g/mol. The molecular weight excluding hydrogens is 459 g/mol. The third kappa shape index (κ3) is 6.21. The lowest BCUT2D eigenvalue weighted by Crippen LogP contribution is -2.21. The summed E-state index contributed by atoms with van der Waals surface area (Å²) in [6.07, 6.45) is 2.87. The Balaban J connectivity index is 1.44. The normalized spacial score (nSPS) is 17.1. The summed E-state index contributed by atoms with van der Waals surface area (Å²) in [5, 5.41) is 22.2. The second-order valence-corrected chi connectivity index (χ2v) is 10.3. The number of rotatable bonds is 10. The fraction of sp³-hybridized carbons (Fsp3) is 0.379. The van der Waals surface area contributed by atoms with Gasteiger partial charge in [-0.15, -0.1) is 0 Å². The van der Waals surface area contributed by atoms with Crippen LogP contribution in [0.25, 0.3) is 11.1 Å². The van der Waals surface area contributed by atoms with Gasteiger partial charge in [0.25, 0.3) is 0 Å². The number of aryl methyl sites for hydroxylation is 2. The van der Waals surface area contributed by atoms with Gasteiger partial charge in [0.15, 0.2) is 0 Å². The van der Waals surface area contributed by atoms with Crippen LogP contribution in [0, 0.1) is 25.6 Å². The minimum absolute atomic E-state index is 0.0305. The largest absolute Gasteiger partial charge is 0.493 e. The summed E-state index contributed by atoms with van der Waals surface area (Å²) in [4.78, 5) is 15.5. The van der Waals surface area contributed by atoms with Crippen LogP contribution in [0.3, 0.4) is 0 Å². The van der Waals surface area contributed by atoms with Crippen LogP contribution in [0.15, 0.2) is 48.7 Å². The highest BCUT2D eigenvalue weighted by Gasteiger charge is 2.44. The first-order valence-corrected chi connectivity index (χ1v) is 12.2. The number of aromatic nitrogens is 1. The van der Waals surface area contributed by atoms with Crippen molar-refractivity contribution in [3.8, 4) is 16.9 Å². The molecule has 0 unspecified atom stereocenters. The molecule has 0 saturated heterocycles. The molecule has 1 heterocycles. The van der Waals surface area contributed by atoms with Crippen molar-refractivity contribution in [1.82, 2.24) is 4.98 Å². The highest BCUT2D eigenvalue weighted by Crippen LogP contribution is 2.47. The average Bonchev–Trinajstić information content (AvgIpc) is 3.60. The van der Waals surface area contributed by atoms with Crippen molar-refractivity contribution in [2.45, 2.75) is 58.6 Å². The van der Waals surface area contributed by atoms with Crippen molar-refractivity contribution >= 4 is 11.8 Å². The van der Waals surface area contributed by atoms with Crippen molar-refractivity contribution in [3.05, 3.63) is 76.7 Å². The second kappa shape index (κ2) is 10.3. The molecule has 36 heavy (non-hydrogen) atoms. The number of halogens is 1. The molecule has 0 bridgehead atoms. The number of hydrogen-bond acceptors (Lipinski definition) is 5. The number of nitrogens with one attached hydrogen (secondary N) is 1. The summed E-state index contributed by atoms with van der Waals surface area (Å²) < 4.78 is 20.5. The molecule has 3 N–H and O–H groups in total. The van der Waals surface area contributed by atoms with Gasteiger partial charge in [0.05, 0.1) is 18.1 Å². The van der Waals surface area contributed by atoms with Gasteiger partial charge >= 0.3 is 5.97 Å². The van der Waals surface area contributed by atoms with E-state index in [9.17, 15) is 14.3 Å². The van der Waals surface area contributed by atoms with E-state index in [1.54, 1.807) is 32.2 Å². The number of nitrogens with zero attached hydrogens (tertiary/aromatic N) is 1. The Morgan fingerprint density at radius 2 is 1.89 bits per heavy atom. The predicted octanol–water partition coefficient (Wildman–Crippen LogP) is 5.84. The number of hydrogen-bond donors (Lipinski definition) is 3. The van der Waals surface area contributed by atoms with Gasteiger partial charge in [0.1, 0.15) is 17.4 Å². The third-order valence-corrected chi connectivity index (χ3v) is 6.61. The summed E-state index contributed by atoms with van der Waals surface area (Å²) in [5.74, 6) is 0.00185. The average molecular weight is 493 g/mol. The summed E-state index contributed by atoms with van der Waals surface area (Å²) in [6, 6.07) is 12.7. The molecule has 190 valence electrons. The maximum Gasteiger partial charge on any atom is 0.307 e. The van der Waals surface area contributed by atoms with E-state index in [1.165, 1.54) is 6.07 Å². The predicted molar refractivity (Wildman–Crippen MR) is 138 cm³/mol. The highest BCUT2D eigenvalue weighted by molar-refractivity contribution is 5.75. The van der Waals surface area contributed by atoms with E-state index in [-0.39, 0.29) is 24.2 Å². The molecule has 4 rings (SSSR count). The standard InChI is InChI=1S/C29H33FN2O4/c1-17-11-22(36-10-9-29(3,4)35)12-18(2)27(17)19-5-7-25(30)21(13-19)16-32-26-8-6-20(15-31-26)23-14-24(23)28(33)34/h5-8,11-13,15,23-24,35H,9-10,14,16H2,1-4H3,(H,31,32)(H,33,34)/t23-,24+/m1/s1. The van der Waals surface area contributed by atoms with Crippen molar-refractivity contribution in [1.29, 1.82) is 0 Å². The molecule has 0 aliphatic heterocycles. The maximum atomic E-state index is 14.6. The van der Waals surface area contributed by atoms with Crippen LogP contribution in [0.2, 0.25) is 0 Å². The van der Waals surface area contributed by atoms with E-state index in [1.807, 2.05) is 38.1 Å². The van der Waals surface area contributed by atoms with Crippen LogP contribution in [-0.4, -0.2) is 33.4 Å². The second-order valence-electron chi connectivity index (χ2n) is 10.3. The molecule has 7 heteroatoms. The van der Waals surface area contributed by atoms with Crippen LogP contribution in [-0.2, 0) is 11.3 Å². The Kier molecular flexibility index (Phi) is 7.31. The Morgan fingerprint density at radius 1 is 1.17 bits per heavy atom. The molecule has 1 aliphatic rings. The van der Waals surface area contributed by atoms with E-state index in [0.717, 1.165) is 33.6 Å². The first-order chi connectivity index (χ1) is 17.0. The number of aliphatic hydroxyl groups is 1. The smallest absolute Gasteiger partial charge is 0.307 e. The van der Waals surface area contributed by atoms with Gasteiger partial charge in [-0.05, 0) is 98.2 Å². The Labute approximate surface area is 211 Å². The zero-order valence-electron chi connectivity index (χ0n) is 21.1. The number of aliphatic carboxylic acids is 1. The lowest BCUT2D eigenvalue weighted by atomic mass is 9.94. The molecule has 1 aromatic heterocycles. The van der Waals surface area contributed by atoms with Crippen LogP contribution in [0.5, 0.6) is 5.75 Å². The van der Waals surface area contributed by atoms with Crippen LogP contribution in [0.1, 0.15) is 54.9 Å². The Hall–Kier alpha value is -3.45. The summed E-state index contributed by atoms with van der Waals surface area (Å²) in [5.41, 5.74) is 4.66. The number of carboxylic acid groups (broad SMARTS) is 1. The molecular formula is C29H33FN2O4. The van der Waals surface area contributed by atoms with E-state index in [2.05, 4.69) is 10.3 Å². The van der Waals surface area contributed by atoms with Gasteiger partial charge in [-0.1, -0.05) is 12.1 Å². The zero-order chi connectivity index (χ0) is 26.0. The third-order valence-electron chi connectivity index (χ3n) is 6.61. The topological polar surface area (TPSA) is 91.7 Å². The lowest BCUT2D eigenvalue weighted by Gasteiger charge is -2.18. The SMILES string of the molecule is Cc1cc(OCCC(C)(C)O)cc(C)c1-c1ccc(F)c(CNc2ccc([C@H]3C[C@@H]3C(=O)O)cn2)c1. The van der Waals surface area contributed by atoms with Crippen molar-refractivity contribution < 1.29 is 24.1 Å². The summed E-state index contributed by atoms with van der Waals surface area (Å²) in [7, 11) is 0. The molecule has 1 fully saturated rings. The van der Waals surface area contributed by atoms with E-state index in [4.69, 9.17) is 9.84 Å². The van der Waals surface area contributed by atoms with Crippen molar-refractivity contribution in [2.24, 2.45) is 5.92 Å². The van der Waals surface area contributed by atoms with Crippen LogP contribution in [0.4, 0.5) is 10.2 Å². The number of pyridine rings is 1. The Morgan fingerprint density at radius 3 is 2.47 bits per heavy atom. The number of ether oxygens (including phenoxy) is 1. The van der Waals surface area contributed by atoms with E-state index in [0.29, 0.717) is 30.8 Å². The number of carbonyl (C=O) groups is 1. The number of benzene rings is 2. The molecule has 0 amide bonds. The molecule has 1 aliphatic carbocycles. The minimum Gasteiger partial charge on any atom is -0.493 e.